The van der Waals surface area contributed by atoms with E-state index >= 15 is 0 Å². The maximum atomic E-state index is 13.7. The first-order valence-corrected chi connectivity index (χ1v) is 7.75. The van der Waals surface area contributed by atoms with Crippen molar-refractivity contribution in [3.8, 4) is 0 Å². The third kappa shape index (κ3) is 2.27. The summed E-state index contributed by atoms with van der Waals surface area (Å²) in [5.74, 6) is -0.405. The lowest BCUT2D eigenvalue weighted by Crippen LogP contribution is -2.31. The number of fused-ring (bicyclic) bond motifs is 3. The van der Waals surface area contributed by atoms with E-state index in [-0.39, 0.29) is 12.5 Å². The molecule has 2 aliphatic rings. The van der Waals surface area contributed by atoms with E-state index in [4.69, 9.17) is 11.6 Å². The summed E-state index contributed by atoms with van der Waals surface area (Å²) in [6, 6.07) is 5.51. The Morgan fingerprint density at radius 1 is 1.27 bits per heavy atom. The van der Waals surface area contributed by atoms with Gasteiger partial charge in [-0.15, -0.1) is 0 Å². The molecule has 2 heterocycles. The SMILES string of the molecule is FC1=CC(C2NCCc3c2[nH]c2ccc(Cl)cc32)=CC(F)C1. The van der Waals surface area contributed by atoms with E-state index in [0.29, 0.717) is 10.6 Å². The Morgan fingerprint density at radius 2 is 2.14 bits per heavy atom. The Morgan fingerprint density at radius 3 is 2.95 bits per heavy atom. The standard InChI is InChI=1S/C17H15ClF2N2/c18-10-1-2-15-14(7-10)13-3-4-21-16(17(13)22-15)9-5-11(19)8-12(20)6-9/h1-2,5-7,11,16,21-22H,3-4,8H2. The number of benzene rings is 1. The number of aromatic nitrogens is 1. The molecule has 114 valence electrons. The summed E-state index contributed by atoms with van der Waals surface area (Å²) in [5.41, 5.74) is 3.81. The molecule has 0 saturated carbocycles. The van der Waals surface area contributed by atoms with Crippen LogP contribution in [0.1, 0.15) is 23.7 Å². The Bertz CT molecular complexity index is 806. The minimum atomic E-state index is -1.26. The normalized spacial score (nSPS) is 24.9. The molecule has 0 saturated heterocycles. The van der Waals surface area contributed by atoms with Crippen LogP contribution in [0, 0.1) is 0 Å². The Hall–Kier alpha value is -1.65. The highest BCUT2D eigenvalue weighted by atomic mass is 35.5. The zero-order chi connectivity index (χ0) is 15.3. The molecule has 22 heavy (non-hydrogen) atoms. The van der Waals surface area contributed by atoms with Crippen molar-refractivity contribution >= 4 is 22.5 Å². The van der Waals surface area contributed by atoms with Gasteiger partial charge in [-0.1, -0.05) is 11.6 Å². The van der Waals surface area contributed by atoms with E-state index in [2.05, 4.69) is 10.3 Å². The molecule has 2 aromatic rings. The van der Waals surface area contributed by atoms with E-state index in [1.807, 2.05) is 18.2 Å². The molecule has 1 aliphatic carbocycles. The average Bonchev–Trinajstić information content (AvgIpc) is 2.84. The molecule has 0 fully saturated rings. The minimum absolute atomic E-state index is 0.161. The number of aromatic amines is 1. The van der Waals surface area contributed by atoms with Gasteiger partial charge in [-0.25, -0.2) is 8.78 Å². The molecule has 1 aromatic heterocycles. The van der Waals surface area contributed by atoms with Crippen LogP contribution in [-0.2, 0) is 6.42 Å². The van der Waals surface area contributed by atoms with Crippen LogP contribution >= 0.6 is 11.6 Å². The van der Waals surface area contributed by atoms with Gasteiger partial charge in [-0.3, -0.25) is 0 Å². The average molecular weight is 321 g/mol. The van der Waals surface area contributed by atoms with Gasteiger partial charge >= 0.3 is 0 Å². The maximum Gasteiger partial charge on any atom is 0.125 e. The number of nitrogens with one attached hydrogen (secondary N) is 2. The minimum Gasteiger partial charge on any atom is -0.357 e. The number of hydrogen-bond acceptors (Lipinski definition) is 1. The number of rotatable bonds is 1. The summed E-state index contributed by atoms with van der Waals surface area (Å²) < 4.78 is 27.3. The third-order valence-electron chi connectivity index (χ3n) is 4.33. The molecule has 0 bridgehead atoms. The van der Waals surface area contributed by atoms with Crippen molar-refractivity contribution < 1.29 is 8.78 Å². The molecule has 0 radical (unpaired) electrons. The number of H-pyrrole nitrogens is 1. The third-order valence-corrected chi connectivity index (χ3v) is 4.57. The smallest absolute Gasteiger partial charge is 0.125 e. The fraction of sp³-hybridized carbons (Fsp3) is 0.294. The molecule has 5 heteroatoms. The molecule has 2 nitrogen and oxygen atoms in total. The van der Waals surface area contributed by atoms with Crippen molar-refractivity contribution in [1.29, 1.82) is 0 Å². The van der Waals surface area contributed by atoms with Gasteiger partial charge in [0, 0.05) is 34.6 Å². The molecule has 4 rings (SSSR count). The van der Waals surface area contributed by atoms with Crippen LogP contribution in [0.4, 0.5) is 8.78 Å². The lowest BCUT2D eigenvalue weighted by molar-refractivity contribution is 0.363. The van der Waals surface area contributed by atoms with E-state index in [9.17, 15) is 8.78 Å². The molecule has 2 atom stereocenters. The van der Waals surface area contributed by atoms with Crippen molar-refractivity contribution in [2.24, 2.45) is 0 Å². The van der Waals surface area contributed by atoms with Crippen LogP contribution in [0.2, 0.25) is 5.02 Å². The quantitative estimate of drug-likeness (QED) is 0.794. The van der Waals surface area contributed by atoms with E-state index in [1.165, 1.54) is 17.7 Å². The lowest BCUT2D eigenvalue weighted by Gasteiger charge is -2.27. The van der Waals surface area contributed by atoms with Crippen LogP contribution in [-0.4, -0.2) is 17.7 Å². The summed E-state index contributed by atoms with van der Waals surface area (Å²) in [6.45, 7) is 0.765. The molecule has 1 aromatic carbocycles. The summed E-state index contributed by atoms with van der Waals surface area (Å²) in [5, 5.41) is 5.13. The summed E-state index contributed by atoms with van der Waals surface area (Å²) in [6.07, 6.45) is 2.40. The van der Waals surface area contributed by atoms with Gasteiger partial charge in [0.25, 0.3) is 0 Å². The molecular weight excluding hydrogens is 306 g/mol. The number of halogens is 3. The van der Waals surface area contributed by atoms with Crippen LogP contribution in [0.5, 0.6) is 0 Å². The lowest BCUT2D eigenvalue weighted by atomic mass is 9.91. The van der Waals surface area contributed by atoms with Crippen LogP contribution < -0.4 is 5.32 Å². The van der Waals surface area contributed by atoms with Gasteiger partial charge in [0.05, 0.1) is 6.04 Å². The fourth-order valence-corrected chi connectivity index (χ4v) is 3.58. The van der Waals surface area contributed by atoms with Gasteiger partial charge in [0.1, 0.15) is 12.0 Å². The van der Waals surface area contributed by atoms with Crippen molar-refractivity contribution in [2.45, 2.75) is 25.1 Å². The zero-order valence-electron chi connectivity index (χ0n) is 11.8. The topological polar surface area (TPSA) is 27.8 Å². The highest BCUT2D eigenvalue weighted by Crippen LogP contribution is 2.37. The van der Waals surface area contributed by atoms with Crippen molar-refractivity contribution in [3.05, 3.63) is 58.0 Å². The highest BCUT2D eigenvalue weighted by molar-refractivity contribution is 6.31. The Labute approximate surface area is 131 Å². The van der Waals surface area contributed by atoms with Gasteiger partial charge in [-0.05, 0) is 47.9 Å². The second kappa shape index (κ2) is 5.21. The second-order valence-electron chi connectivity index (χ2n) is 5.82. The molecular formula is C17H15ClF2N2. The van der Waals surface area contributed by atoms with E-state index in [1.54, 1.807) is 0 Å². The first kappa shape index (κ1) is 14.0. The highest BCUT2D eigenvalue weighted by Gasteiger charge is 2.28. The fourth-order valence-electron chi connectivity index (χ4n) is 3.41. The first-order valence-electron chi connectivity index (χ1n) is 7.37. The predicted octanol–water partition coefficient (Wildman–Crippen LogP) is 4.53. The predicted molar refractivity (Wildman–Crippen MR) is 84.5 cm³/mol. The first-order chi connectivity index (χ1) is 10.6. The van der Waals surface area contributed by atoms with Crippen LogP contribution in [0.15, 0.2) is 41.8 Å². The Balaban J connectivity index is 1.84. The van der Waals surface area contributed by atoms with Crippen LogP contribution in [0.25, 0.3) is 10.9 Å². The van der Waals surface area contributed by atoms with Crippen molar-refractivity contribution in [1.82, 2.24) is 10.3 Å². The van der Waals surface area contributed by atoms with Crippen molar-refractivity contribution in [2.75, 3.05) is 6.54 Å². The number of hydrogen-bond donors (Lipinski definition) is 2. The maximum absolute atomic E-state index is 13.7. The summed E-state index contributed by atoms with van der Waals surface area (Å²) in [7, 11) is 0. The summed E-state index contributed by atoms with van der Waals surface area (Å²) >= 11 is 6.09. The monoisotopic (exact) mass is 320 g/mol. The van der Waals surface area contributed by atoms with Crippen molar-refractivity contribution in [3.63, 3.8) is 0 Å². The van der Waals surface area contributed by atoms with Gasteiger partial charge < -0.3 is 10.3 Å². The molecule has 2 unspecified atom stereocenters. The summed E-state index contributed by atoms with van der Waals surface area (Å²) in [4.78, 5) is 3.38. The van der Waals surface area contributed by atoms with Gasteiger partial charge in [0.15, 0.2) is 0 Å². The molecule has 0 spiro atoms. The largest absolute Gasteiger partial charge is 0.357 e. The molecule has 2 N–H and O–H groups in total. The van der Waals surface area contributed by atoms with Gasteiger partial charge in [0.2, 0.25) is 0 Å². The zero-order valence-corrected chi connectivity index (χ0v) is 12.6. The van der Waals surface area contributed by atoms with E-state index < -0.39 is 12.0 Å². The molecule has 1 aliphatic heterocycles. The van der Waals surface area contributed by atoms with E-state index in [0.717, 1.165) is 29.6 Å². The van der Waals surface area contributed by atoms with Crippen LogP contribution in [0.3, 0.4) is 0 Å². The Kier molecular flexibility index (Phi) is 3.31. The van der Waals surface area contributed by atoms with Gasteiger partial charge in [-0.2, -0.15) is 0 Å². The number of allylic oxidation sites excluding steroid dienone is 2. The second-order valence-corrected chi connectivity index (χ2v) is 6.26. The molecule has 0 amide bonds. The number of alkyl halides is 1.